The van der Waals surface area contributed by atoms with Gasteiger partial charge in [-0.2, -0.15) is 0 Å². The molecule has 1 amide bonds. The smallest absolute Gasteiger partial charge is 0.329 e. The Morgan fingerprint density at radius 1 is 1.41 bits per heavy atom. The van der Waals surface area contributed by atoms with E-state index in [-0.39, 0.29) is 17.9 Å². The summed E-state index contributed by atoms with van der Waals surface area (Å²) in [6, 6.07) is 0.215. The van der Waals surface area contributed by atoms with Crippen molar-refractivity contribution in [1.29, 1.82) is 0 Å². The number of amides is 1. The number of carbonyl (C=O) groups excluding carboxylic acids is 1. The molecule has 5 heteroatoms. The number of aliphatic carboxylic acids is 1. The standard InChI is InChI=1S/C12H20N2O3/c1-12(11(16)17,8-4-5-8)14-10(15)7-9-3-2-6-13-9/h8-9,13H,2-7H2,1H3,(H,14,15)(H,16,17). The highest BCUT2D eigenvalue weighted by Crippen LogP contribution is 2.39. The van der Waals surface area contributed by atoms with Crippen LogP contribution in [0.2, 0.25) is 0 Å². The number of nitrogens with one attached hydrogen (secondary N) is 2. The molecule has 2 unspecified atom stereocenters. The molecule has 17 heavy (non-hydrogen) atoms. The van der Waals surface area contributed by atoms with Gasteiger partial charge >= 0.3 is 5.97 Å². The van der Waals surface area contributed by atoms with Crippen molar-refractivity contribution in [2.24, 2.45) is 5.92 Å². The lowest BCUT2D eigenvalue weighted by Gasteiger charge is -2.26. The zero-order valence-corrected chi connectivity index (χ0v) is 10.2. The molecule has 0 aromatic heterocycles. The van der Waals surface area contributed by atoms with Gasteiger partial charge in [0.25, 0.3) is 0 Å². The van der Waals surface area contributed by atoms with Crippen LogP contribution in [0.25, 0.3) is 0 Å². The minimum Gasteiger partial charge on any atom is -0.480 e. The van der Waals surface area contributed by atoms with Gasteiger partial charge in [0.2, 0.25) is 5.91 Å². The number of rotatable bonds is 5. The van der Waals surface area contributed by atoms with Gasteiger partial charge in [-0.1, -0.05) is 0 Å². The van der Waals surface area contributed by atoms with Crippen LogP contribution in [0, 0.1) is 5.92 Å². The minimum absolute atomic E-state index is 0.0977. The van der Waals surface area contributed by atoms with Gasteiger partial charge in [0.15, 0.2) is 0 Å². The summed E-state index contributed by atoms with van der Waals surface area (Å²) in [6.45, 7) is 2.57. The fraction of sp³-hybridized carbons (Fsp3) is 0.833. The van der Waals surface area contributed by atoms with Crippen molar-refractivity contribution in [3.63, 3.8) is 0 Å². The molecular formula is C12H20N2O3. The highest BCUT2D eigenvalue weighted by atomic mass is 16.4. The van der Waals surface area contributed by atoms with Gasteiger partial charge in [0.05, 0.1) is 0 Å². The van der Waals surface area contributed by atoms with Crippen LogP contribution in [-0.2, 0) is 9.59 Å². The monoisotopic (exact) mass is 240 g/mol. The number of carboxylic acids is 1. The normalized spacial score (nSPS) is 27.5. The third kappa shape index (κ3) is 2.77. The minimum atomic E-state index is -1.07. The van der Waals surface area contributed by atoms with Crippen LogP contribution in [0.4, 0.5) is 0 Å². The Labute approximate surface area is 101 Å². The van der Waals surface area contributed by atoms with Gasteiger partial charge in [0.1, 0.15) is 5.54 Å². The molecule has 0 aromatic rings. The van der Waals surface area contributed by atoms with Crippen LogP contribution < -0.4 is 10.6 Å². The van der Waals surface area contributed by atoms with Gasteiger partial charge in [-0.3, -0.25) is 4.79 Å². The van der Waals surface area contributed by atoms with Gasteiger partial charge in [0, 0.05) is 12.5 Å². The molecule has 2 atom stereocenters. The molecule has 5 nitrogen and oxygen atoms in total. The molecule has 1 aliphatic heterocycles. The van der Waals surface area contributed by atoms with E-state index in [0.717, 1.165) is 32.2 Å². The van der Waals surface area contributed by atoms with Crippen LogP contribution in [0.15, 0.2) is 0 Å². The summed E-state index contributed by atoms with van der Waals surface area (Å²) in [5.74, 6) is -0.977. The molecular weight excluding hydrogens is 220 g/mol. The molecule has 1 heterocycles. The molecule has 0 spiro atoms. The zero-order valence-electron chi connectivity index (χ0n) is 10.2. The van der Waals surface area contributed by atoms with E-state index in [1.807, 2.05) is 0 Å². The van der Waals surface area contributed by atoms with Crippen LogP contribution in [0.5, 0.6) is 0 Å². The van der Waals surface area contributed by atoms with Gasteiger partial charge in [-0.15, -0.1) is 0 Å². The molecule has 1 saturated heterocycles. The summed E-state index contributed by atoms with van der Waals surface area (Å²) in [4.78, 5) is 23.1. The molecule has 0 aromatic carbocycles. The molecule has 96 valence electrons. The number of hydrogen-bond donors (Lipinski definition) is 3. The fourth-order valence-corrected chi connectivity index (χ4v) is 2.49. The molecule has 2 fully saturated rings. The maximum Gasteiger partial charge on any atom is 0.329 e. The Bertz CT molecular complexity index is 322. The molecule has 1 saturated carbocycles. The third-order valence-electron chi connectivity index (χ3n) is 3.83. The Morgan fingerprint density at radius 3 is 2.59 bits per heavy atom. The van der Waals surface area contributed by atoms with E-state index < -0.39 is 11.5 Å². The Kier molecular flexibility index (Phi) is 3.38. The van der Waals surface area contributed by atoms with Crippen molar-refractivity contribution >= 4 is 11.9 Å². The highest BCUT2D eigenvalue weighted by molar-refractivity contribution is 5.87. The predicted octanol–water partition coefficient (Wildman–Crippen LogP) is 0.498. The van der Waals surface area contributed by atoms with E-state index in [1.165, 1.54) is 0 Å². The largest absolute Gasteiger partial charge is 0.480 e. The second kappa shape index (κ2) is 4.64. The lowest BCUT2D eigenvalue weighted by molar-refractivity contribution is -0.148. The number of hydrogen-bond acceptors (Lipinski definition) is 3. The van der Waals surface area contributed by atoms with Crippen molar-refractivity contribution in [2.75, 3.05) is 6.54 Å². The molecule has 2 rings (SSSR count). The van der Waals surface area contributed by atoms with Crippen LogP contribution in [0.1, 0.15) is 39.0 Å². The summed E-state index contributed by atoms with van der Waals surface area (Å²) >= 11 is 0. The lowest BCUT2D eigenvalue weighted by atomic mass is 9.95. The van der Waals surface area contributed by atoms with E-state index in [0.29, 0.717) is 6.42 Å². The highest BCUT2D eigenvalue weighted by Gasteiger charge is 2.48. The second-order valence-corrected chi connectivity index (χ2v) is 5.33. The van der Waals surface area contributed by atoms with Crippen LogP contribution in [-0.4, -0.2) is 35.1 Å². The van der Waals surface area contributed by atoms with E-state index in [4.69, 9.17) is 0 Å². The molecule has 3 N–H and O–H groups in total. The first kappa shape index (κ1) is 12.4. The van der Waals surface area contributed by atoms with Crippen molar-refractivity contribution in [1.82, 2.24) is 10.6 Å². The predicted molar refractivity (Wildman–Crippen MR) is 62.5 cm³/mol. The Balaban J connectivity index is 1.89. The molecule has 0 bridgehead atoms. The summed E-state index contributed by atoms with van der Waals surface area (Å²) in [5, 5.41) is 15.2. The summed E-state index contributed by atoms with van der Waals surface area (Å²) in [5.41, 5.74) is -1.07. The topological polar surface area (TPSA) is 78.4 Å². The van der Waals surface area contributed by atoms with Crippen molar-refractivity contribution in [3.8, 4) is 0 Å². The number of carboxylic acid groups (broad SMARTS) is 1. The average molecular weight is 240 g/mol. The molecule has 0 radical (unpaired) electrons. The quantitative estimate of drug-likeness (QED) is 0.654. The summed E-state index contributed by atoms with van der Waals surface area (Å²) in [7, 11) is 0. The average Bonchev–Trinajstić information content (AvgIpc) is 2.99. The van der Waals surface area contributed by atoms with Gasteiger partial charge in [-0.25, -0.2) is 4.79 Å². The third-order valence-corrected chi connectivity index (χ3v) is 3.83. The van der Waals surface area contributed by atoms with E-state index >= 15 is 0 Å². The maximum absolute atomic E-state index is 11.8. The Hall–Kier alpha value is -1.10. The second-order valence-electron chi connectivity index (χ2n) is 5.33. The lowest BCUT2D eigenvalue weighted by Crippen LogP contribution is -2.54. The van der Waals surface area contributed by atoms with E-state index in [2.05, 4.69) is 10.6 Å². The van der Waals surface area contributed by atoms with Gasteiger partial charge in [-0.05, 0) is 45.1 Å². The van der Waals surface area contributed by atoms with Gasteiger partial charge < -0.3 is 15.7 Å². The molecule has 2 aliphatic rings. The van der Waals surface area contributed by atoms with Crippen LogP contribution in [0.3, 0.4) is 0 Å². The Morgan fingerprint density at radius 2 is 2.12 bits per heavy atom. The SMILES string of the molecule is CC(NC(=O)CC1CCCN1)(C(=O)O)C1CC1. The first-order chi connectivity index (χ1) is 8.02. The zero-order chi connectivity index (χ0) is 12.5. The summed E-state index contributed by atoms with van der Waals surface area (Å²) in [6.07, 6.45) is 4.27. The first-order valence-electron chi connectivity index (χ1n) is 6.30. The van der Waals surface area contributed by atoms with Crippen molar-refractivity contribution in [3.05, 3.63) is 0 Å². The molecule has 1 aliphatic carbocycles. The van der Waals surface area contributed by atoms with Crippen molar-refractivity contribution < 1.29 is 14.7 Å². The van der Waals surface area contributed by atoms with E-state index in [9.17, 15) is 14.7 Å². The first-order valence-corrected chi connectivity index (χ1v) is 6.30. The summed E-state index contributed by atoms with van der Waals surface area (Å²) < 4.78 is 0. The fourth-order valence-electron chi connectivity index (χ4n) is 2.49. The van der Waals surface area contributed by atoms with Crippen LogP contribution >= 0.6 is 0 Å². The van der Waals surface area contributed by atoms with E-state index in [1.54, 1.807) is 6.92 Å². The van der Waals surface area contributed by atoms with Crippen molar-refractivity contribution in [2.45, 2.75) is 50.6 Å². The maximum atomic E-state index is 11.8. The number of carbonyl (C=O) groups is 2.